The lowest BCUT2D eigenvalue weighted by molar-refractivity contribution is -0.137. The normalized spacial score (nSPS) is 13.2. The van der Waals surface area contributed by atoms with Crippen molar-refractivity contribution in [2.75, 3.05) is 46.9 Å². The first-order valence-electron chi connectivity index (χ1n) is 8.28. The van der Waals surface area contributed by atoms with Gasteiger partial charge in [0.25, 0.3) is 0 Å². The number of hydrogen-bond donors (Lipinski definition) is 0. The minimum atomic E-state index is -1.90. The Morgan fingerprint density at radius 3 is 2.29 bits per heavy atom. The van der Waals surface area contributed by atoms with Crippen LogP contribution < -0.4 is 0 Å². The topological polar surface area (TPSA) is 63.2 Å². The van der Waals surface area contributed by atoms with Gasteiger partial charge in [-0.1, -0.05) is 20.8 Å². The van der Waals surface area contributed by atoms with Crippen LogP contribution in [-0.4, -0.2) is 61.2 Å². The van der Waals surface area contributed by atoms with Crippen LogP contribution >= 0.6 is 0 Å². The highest BCUT2D eigenvalue weighted by molar-refractivity contribution is 6.74. The summed E-state index contributed by atoms with van der Waals surface area (Å²) in [5.74, 6) is -0.379. The maximum atomic E-state index is 11.7. The van der Waals surface area contributed by atoms with Crippen molar-refractivity contribution in [3.8, 4) is 0 Å². The molecule has 0 heterocycles. The van der Waals surface area contributed by atoms with Gasteiger partial charge in [-0.05, 0) is 30.6 Å². The second-order valence-electron chi connectivity index (χ2n) is 6.97. The molecular weight excluding hydrogens is 328 g/mol. The molecule has 0 rings (SSSR count). The van der Waals surface area contributed by atoms with Gasteiger partial charge in [-0.3, -0.25) is 0 Å². The molecule has 0 saturated heterocycles. The number of carbonyl (C=O) groups is 1. The molecule has 0 unspecified atom stereocenters. The van der Waals surface area contributed by atoms with E-state index in [4.69, 9.17) is 23.4 Å². The van der Waals surface area contributed by atoms with E-state index in [-0.39, 0.29) is 24.4 Å². The van der Waals surface area contributed by atoms with Gasteiger partial charge in [0.05, 0.1) is 33.0 Å². The lowest BCUT2D eigenvalue weighted by atomic mass is 10.2. The van der Waals surface area contributed by atoms with Crippen LogP contribution in [0.4, 0.5) is 0 Å². The molecule has 0 bridgehead atoms. The number of ether oxygens (including phenoxy) is 4. The maximum Gasteiger partial charge on any atom is 0.330 e. The van der Waals surface area contributed by atoms with Crippen molar-refractivity contribution in [3.63, 3.8) is 0 Å². The molecule has 0 spiro atoms. The van der Waals surface area contributed by atoms with Gasteiger partial charge in [-0.15, -0.1) is 0 Å². The monoisotopic (exact) mass is 362 g/mol. The first kappa shape index (κ1) is 23.3. The van der Waals surface area contributed by atoms with Crippen molar-refractivity contribution in [1.82, 2.24) is 0 Å². The summed E-state index contributed by atoms with van der Waals surface area (Å²) in [4.78, 5) is 11.7. The van der Waals surface area contributed by atoms with E-state index >= 15 is 0 Å². The Morgan fingerprint density at radius 1 is 1.08 bits per heavy atom. The minimum Gasteiger partial charge on any atom is -0.463 e. The largest absolute Gasteiger partial charge is 0.463 e. The van der Waals surface area contributed by atoms with Gasteiger partial charge in [0.1, 0.15) is 6.79 Å². The van der Waals surface area contributed by atoms with E-state index in [0.717, 1.165) is 5.57 Å². The molecule has 0 aromatic carbocycles. The molecule has 0 N–H and O–H groups in total. The predicted molar refractivity (Wildman–Crippen MR) is 96.5 cm³/mol. The SMILES string of the molecule is CCOC(=O)/C=C(/COCOCCOC)CO[Si](C)(C)C(C)(C)C. The maximum absolute atomic E-state index is 11.7. The minimum absolute atomic E-state index is 0.103. The van der Waals surface area contributed by atoms with Gasteiger partial charge in [-0.25, -0.2) is 4.79 Å². The second kappa shape index (κ2) is 11.8. The average Bonchev–Trinajstić information content (AvgIpc) is 2.47. The zero-order valence-electron chi connectivity index (χ0n) is 16.3. The summed E-state index contributed by atoms with van der Waals surface area (Å²) in [5, 5.41) is 0.103. The van der Waals surface area contributed by atoms with E-state index in [1.165, 1.54) is 6.08 Å². The number of rotatable bonds is 12. The second-order valence-corrected chi connectivity index (χ2v) is 11.8. The Balaban J connectivity index is 4.57. The standard InChI is InChI=1S/C17H34O6Si/c1-8-22-16(18)11-15(12-21-14-20-10-9-19-5)13-23-24(6,7)17(2,3)4/h11H,8-10,12-14H2,1-7H3/b15-11-. The van der Waals surface area contributed by atoms with Crippen LogP contribution in [0.1, 0.15) is 27.7 Å². The third-order valence-corrected chi connectivity index (χ3v) is 8.40. The molecular formula is C17H34O6Si. The summed E-state index contributed by atoms with van der Waals surface area (Å²) in [6, 6.07) is 0. The molecule has 0 atom stereocenters. The van der Waals surface area contributed by atoms with Crippen LogP contribution in [-0.2, 0) is 28.2 Å². The first-order valence-corrected chi connectivity index (χ1v) is 11.2. The highest BCUT2D eigenvalue weighted by Gasteiger charge is 2.37. The zero-order valence-corrected chi connectivity index (χ0v) is 17.3. The van der Waals surface area contributed by atoms with E-state index in [1.807, 2.05) is 0 Å². The highest BCUT2D eigenvalue weighted by Crippen LogP contribution is 2.36. The fraction of sp³-hybridized carbons (Fsp3) is 0.824. The van der Waals surface area contributed by atoms with Crippen LogP contribution in [0.25, 0.3) is 0 Å². The van der Waals surface area contributed by atoms with E-state index in [0.29, 0.717) is 26.4 Å². The number of carbonyl (C=O) groups excluding carboxylic acids is 1. The van der Waals surface area contributed by atoms with Crippen molar-refractivity contribution in [2.45, 2.75) is 45.8 Å². The van der Waals surface area contributed by atoms with Crippen LogP contribution in [0.5, 0.6) is 0 Å². The number of methoxy groups -OCH3 is 1. The molecule has 0 aromatic rings. The predicted octanol–water partition coefficient (Wildman–Crippen LogP) is 3.13. The van der Waals surface area contributed by atoms with Gasteiger partial charge >= 0.3 is 5.97 Å². The molecule has 0 aliphatic heterocycles. The van der Waals surface area contributed by atoms with Crippen molar-refractivity contribution >= 4 is 14.3 Å². The Labute approximate surface area is 147 Å². The third kappa shape index (κ3) is 10.2. The lowest BCUT2D eigenvalue weighted by Crippen LogP contribution is -2.41. The summed E-state index contributed by atoms with van der Waals surface area (Å²) in [7, 11) is -0.285. The van der Waals surface area contributed by atoms with Crippen LogP contribution in [0, 0.1) is 0 Å². The average molecular weight is 363 g/mol. The Hall–Kier alpha value is -0.733. The Morgan fingerprint density at radius 2 is 1.75 bits per heavy atom. The van der Waals surface area contributed by atoms with Crippen LogP contribution in [0.3, 0.4) is 0 Å². The van der Waals surface area contributed by atoms with Crippen molar-refractivity contribution in [1.29, 1.82) is 0 Å². The quantitative estimate of drug-likeness (QED) is 0.175. The first-order chi connectivity index (χ1) is 11.1. The summed E-state index contributed by atoms with van der Waals surface area (Å²) >= 11 is 0. The van der Waals surface area contributed by atoms with Gasteiger partial charge in [-0.2, -0.15) is 0 Å². The van der Waals surface area contributed by atoms with Gasteiger partial charge in [0.2, 0.25) is 0 Å². The number of esters is 1. The fourth-order valence-corrected chi connectivity index (χ4v) is 2.38. The molecule has 6 nitrogen and oxygen atoms in total. The molecule has 0 fully saturated rings. The van der Waals surface area contributed by atoms with Gasteiger partial charge in [0.15, 0.2) is 8.32 Å². The molecule has 0 aliphatic rings. The lowest BCUT2D eigenvalue weighted by Gasteiger charge is -2.36. The smallest absolute Gasteiger partial charge is 0.330 e. The molecule has 142 valence electrons. The summed E-state index contributed by atoms with van der Waals surface area (Å²) in [6.45, 7) is 14.7. The summed E-state index contributed by atoms with van der Waals surface area (Å²) in [5.41, 5.74) is 0.744. The molecule has 0 saturated carbocycles. The van der Waals surface area contributed by atoms with Crippen molar-refractivity contribution in [3.05, 3.63) is 11.6 Å². The van der Waals surface area contributed by atoms with Crippen molar-refractivity contribution in [2.24, 2.45) is 0 Å². The van der Waals surface area contributed by atoms with E-state index < -0.39 is 8.32 Å². The zero-order chi connectivity index (χ0) is 18.6. The number of hydrogen-bond acceptors (Lipinski definition) is 6. The van der Waals surface area contributed by atoms with E-state index in [1.54, 1.807) is 14.0 Å². The van der Waals surface area contributed by atoms with E-state index in [2.05, 4.69) is 33.9 Å². The molecule has 0 aromatic heterocycles. The van der Waals surface area contributed by atoms with Gasteiger partial charge in [0, 0.05) is 13.2 Å². The Kier molecular flexibility index (Phi) is 11.4. The third-order valence-electron chi connectivity index (χ3n) is 3.92. The van der Waals surface area contributed by atoms with Crippen LogP contribution in [0.15, 0.2) is 11.6 Å². The van der Waals surface area contributed by atoms with Crippen molar-refractivity contribution < 1.29 is 28.2 Å². The molecule has 0 aliphatic carbocycles. The summed E-state index contributed by atoms with van der Waals surface area (Å²) < 4.78 is 26.7. The Bertz CT molecular complexity index is 387. The molecule has 0 radical (unpaired) electrons. The fourth-order valence-electron chi connectivity index (χ4n) is 1.40. The summed E-state index contributed by atoms with van der Waals surface area (Å²) in [6.07, 6.45) is 1.45. The van der Waals surface area contributed by atoms with E-state index in [9.17, 15) is 4.79 Å². The molecule has 0 amide bonds. The highest BCUT2D eigenvalue weighted by atomic mass is 28.4. The molecule has 7 heteroatoms. The molecule has 24 heavy (non-hydrogen) atoms. The van der Waals surface area contributed by atoms with Gasteiger partial charge < -0.3 is 23.4 Å². The van der Waals surface area contributed by atoms with Crippen LogP contribution in [0.2, 0.25) is 18.1 Å².